The van der Waals surface area contributed by atoms with Gasteiger partial charge >= 0.3 is 5.97 Å². The monoisotopic (exact) mass is 398 g/mol. The molecule has 1 atom stereocenters. The Morgan fingerprint density at radius 2 is 2.00 bits per heavy atom. The van der Waals surface area contributed by atoms with Gasteiger partial charge in [-0.3, -0.25) is 9.52 Å². The Bertz CT molecular complexity index is 895. The van der Waals surface area contributed by atoms with E-state index in [2.05, 4.69) is 10.0 Å². The maximum absolute atomic E-state index is 12.4. The molecule has 10 heteroatoms. The Morgan fingerprint density at radius 3 is 2.58 bits per heavy atom. The third-order valence-electron chi connectivity index (χ3n) is 3.43. The summed E-state index contributed by atoms with van der Waals surface area (Å²) in [5.41, 5.74) is -1.31. The number of hydrogen-bond donors (Lipinski definition) is 3. The number of carboxylic acids is 1. The van der Waals surface area contributed by atoms with Gasteiger partial charge in [0.05, 0.1) is 6.61 Å². The van der Waals surface area contributed by atoms with Crippen LogP contribution < -0.4 is 10.0 Å². The number of anilines is 1. The van der Waals surface area contributed by atoms with Crippen LogP contribution in [0.5, 0.6) is 0 Å². The van der Waals surface area contributed by atoms with Gasteiger partial charge in [0.15, 0.2) is 5.54 Å². The second-order valence-electron chi connectivity index (χ2n) is 5.64. The van der Waals surface area contributed by atoms with Gasteiger partial charge in [0.25, 0.3) is 15.9 Å². The van der Waals surface area contributed by atoms with Crippen LogP contribution in [0, 0.1) is 0 Å². The molecule has 8 nitrogen and oxygen atoms in total. The zero-order chi connectivity index (χ0) is 19.4. The zero-order valence-corrected chi connectivity index (χ0v) is 15.7. The second kappa shape index (κ2) is 7.85. The first-order valence-electron chi connectivity index (χ1n) is 7.39. The largest absolute Gasteiger partial charge is 0.479 e. The standard InChI is InChI=1S/C16H18N2O6S2/c1-16(10-24-2,15(20)21)17-14(19)11-5-3-6-12(9-11)18-26(22,23)13-7-4-8-25-13/h3-9,18H,10H2,1-2H3,(H,17,19)(H,20,21). The first kappa shape index (κ1) is 19.9. The highest BCUT2D eigenvalue weighted by atomic mass is 32.2. The van der Waals surface area contributed by atoms with E-state index in [1.165, 1.54) is 44.4 Å². The summed E-state index contributed by atoms with van der Waals surface area (Å²) in [6.07, 6.45) is 0. The van der Waals surface area contributed by atoms with Crippen LogP contribution in [0.3, 0.4) is 0 Å². The molecule has 140 valence electrons. The van der Waals surface area contributed by atoms with Gasteiger partial charge in [0.2, 0.25) is 0 Å². The second-order valence-corrected chi connectivity index (χ2v) is 8.50. The van der Waals surface area contributed by atoms with Crippen molar-refractivity contribution in [3.8, 4) is 0 Å². The average Bonchev–Trinajstić information content (AvgIpc) is 3.10. The molecule has 1 heterocycles. The zero-order valence-electron chi connectivity index (χ0n) is 14.1. The van der Waals surface area contributed by atoms with E-state index in [4.69, 9.17) is 4.74 Å². The maximum Gasteiger partial charge on any atom is 0.331 e. The van der Waals surface area contributed by atoms with E-state index in [-0.39, 0.29) is 22.1 Å². The van der Waals surface area contributed by atoms with Crippen molar-refractivity contribution in [3.63, 3.8) is 0 Å². The number of carbonyl (C=O) groups is 2. The van der Waals surface area contributed by atoms with Gasteiger partial charge in [-0.05, 0) is 36.6 Å². The number of carbonyl (C=O) groups excluding carboxylic acids is 1. The number of sulfonamides is 1. The number of amides is 1. The molecule has 0 aliphatic rings. The van der Waals surface area contributed by atoms with Crippen LogP contribution in [0.25, 0.3) is 0 Å². The van der Waals surface area contributed by atoms with Gasteiger partial charge in [-0.15, -0.1) is 11.3 Å². The van der Waals surface area contributed by atoms with Crippen LogP contribution in [-0.2, 0) is 19.6 Å². The summed E-state index contributed by atoms with van der Waals surface area (Å²) in [5, 5.41) is 13.3. The summed E-state index contributed by atoms with van der Waals surface area (Å²) in [6, 6.07) is 8.85. The molecule has 0 bridgehead atoms. The lowest BCUT2D eigenvalue weighted by molar-refractivity contribution is -0.145. The minimum atomic E-state index is -3.75. The highest BCUT2D eigenvalue weighted by Gasteiger charge is 2.35. The molecule has 3 N–H and O–H groups in total. The van der Waals surface area contributed by atoms with E-state index in [9.17, 15) is 23.1 Å². The SMILES string of the molecule is COCC(C)(NC(=O)c1cccc(NS(=O)(=O)c2cccs2)c1)C(=O)O. The number of methoxy groups -OCH3 is 1. The molecule has 1 amide bonds. The topological polar surface area (TPSA) is 122 Å². The third-order valence-corrected chi connectivity index (χ3v) is 6.21. The molecule has 1 aromatic heterocycles. The average molecular weight is 398 g/mol. The van der Waals surface area contributed by atoms with E-state index in [1.807, 2.05) is 0 Å². The van der Waals surface area contributed by atoms with Crippen molar-refractivity contribution >= 4 is 38.9 Å². The van der Waals surface area contributed by atoms with E-state index in [0.29, 0.717) is 0 Å². The molecule has 0 radical (unpaired) electrons. The van der Waals surface area contributed by atoms with Gasteiger partial charge in [-0.1, -0.05) is 12.1 Å². The first-order chi connectivity index (χ1) is 12.2. The molecule has 0 saturated carbocycles. The number of rotatable bonds is 8. The lowest BCUT2D eigenvalue weighted by atomic mass is 10.0. The molecule has 0 aliphatic carbocycles. The van der Waals surface area contributed by atoms with Crippen LogP contribution in [0.15, 0.2) is 46.0 Å². The van der Waals surface area contributed by atoms with Crippen molar-refractivity contribution in [2.45, 2.75) is 16.7 Å². The minimum absolute atomic E-state index is 0.111. The van der Waals surface area contributed by atoms with Crippen molar-refractivity contribution in [1.82, 2.24) is 5.32 Å². The lowest BCUT2D eigenvalue weighted by Crippen LogP contribution is -2.55. The fourth-order valence-corrected chi connectivity index (χ4v) is 4.15. The Morgan fingerprint density at radius 1 is 1.27 bits per heavy atom. The summed E-state index contributed by atoms with van der Waals surface area (Å²) >= 11 is 1.07. The molecule has 0 aliphatic heterocycles. The molecule has 1 unspecified atom stereocenters. The van der Waals surface area contributed by atoms with Crippen molar-refractivity contribution in [2.24, 2.45) is 0 Å². The Hall–Kier alpha value is -2.43. The third kappa shape index (κ3) is 4.59. The molecule has 0 saturated heterocycles. The molecule has 2 aromatic rings. The fraction of sp³-hybridized carbons (Fsp3) is 0.250. The summed E-state index contributed by atoms with van der Waals surface area (Å²) in [4.78, 5) is 23.8. The smallest absolute Gasteiger partial charge is 0.331 e. The lowest BCUT2D eigenvalue weighted by Gasteiger charge is -2.25. The van der Waals surface area contributed by atoms with E-state index >= 15 is 0 Å². The number of ether oxygens (including phenoxy) is 1. The van der Waals surface area contributed by atoms with E-state index < -0.39 is 27.4 Å². The molecule has 0 spiro atoms. The van der Waals surface area contributed by atoms with Crippen molar-refractivity contribution < 1.29 is 27.9 Å². The van der Waals surface area contributed by atoms with E-state index in [1.54, 1.807) is 11.4 Å². The van der Waals surface area contributed by atoms with Crippen molar-refractivity contribution in [3.05, 3.63) is 47.3 Å². The molecule has 2 rings (SSSR count). The van der Waals surface area contributed by atoms with Crippen LogP contribution >= 0.6 is 11.3 Å². The number of benzene rings is 1. The van der Waals surface area contributed by atoms with Crippen LogP contribution in [0.2, 0.25) is 0 Å². The number of carboxylic acid groups (broad SMARTS) is 1. The maximum atomic E-state index is 12.4. The van der Waals surface area contributed by atoms with Crippen LogP contribution in [0.4, 0.5) is 5.69 Å². The van der Waals surface area contributed by atoms with Gasteiger partial charge in [-0.25, -0.2) is 13.2 Å². The predicted octanol–water partition coefficient (Wildman–Crippen LogP) is 1.77. The number of nitrogens with one attached hydrogen (secondary N) is 2. The molecule has 0 fully saturated rings. The highest BCUT2D eigenvalue weighted by molar-refractivity contribution is 7.94. The Balaban J connectivity index is 2.21. The fourth-order valence-electron chi connectivity index (χ4n) is 2.11. The number of hydrogen-bond acceptors (Lipinski definition) is 6. The summed E-state index contributed by atoms with van der Waals surface area (Å²) < 4.78 is 31.9. The number of aliphatic carboxylic acids is 1. The first-order valence-corrected chi connectivity index (χ1v) is 9.75. The molecular formula is C16H18N2O6S2. The summed E-state index contributed by atoms with van der Waals surface area (Å²) in [6.45, 7) is 1.10. The van der Waals surface area contributed by atoms with Gasteiger partial charge in [-0.2, -0.15) is 0 Å². The van der Waals surface area contributed by atoms with Gasteiger partial charge in [0, 0.05) is 18.4 Å². The quantitative estimate of drug-likeness (QED) is 0.623. The highest BCUT2D eigenvalue weighted by Crippen LogP contribution is 2.21. The predicted molar refractivity (Wildman–Crippen MR) is 97.0 cm³/mol. The molecule has 1 aromatic carbocycles. The molecule has 26 heavy (non-hydrogen) atoms. The minimum Gasteiger partial charge on any atom is -0.479 e. The van der Waals surface area contributed by atoms with Gasteiger partial charge < -0.3 is 15.2 Å². The number of thiophene rings is 1. The normalized spacial score (nSPS) is 13.6. The Labute approximate surface area is 154 Å². The molecular weight excluding hydrogens is 380 g/mol. The van der Waals surface area contributed by atoms with Crippen molar-refractivity contribution in [1.29, 1.82) is 0 Å². The summed E-state index contributed by atoms with van der Waals surface area (Å²) in [7, 11) is -2.42. The van der Waals surface area contributed by atoms with Crippen LogP contribution in [-0.4, -0.2) is 44.7 Å². The van der Waals surface area contributed by atoms with Gasteiger partial charge in [0.1, 0.15) is 4.21 Å². The summed E-state index contributed by atoms with van der Waals surface area (Å²) in [5.74, 6) is -1.91. The van der Waals surface area contributed by atoms with E-state index in [0.717, 1.165) is 11.3 Å². The Kier molecular flexibility index (Phi) is 6.01. The van der Waals surface area contributed by atoms with Crippen molar-refractivity contribution in [2.75, 3.05) is 18.4 Å². The van der Waals surface area contributed by atoms with Crippen LogP contribution in [0.1, 0.15) is 17.3 Å².